The van der Waals surface area contributed by atoms with E-state index in [1.54, 1.807) is 6.26 Å². The van der Waals surface area contributed by atoms with Crippen LogP contribution < -0.4 is 33.3 Å². The summed E-state index contributed by atoms with van der Waals surface area (Å²) in [5, 5.41) is 1.17. The fraction of sp³-hybridized carbons (Fsp3) is 0.267. The van der Waals surface area contributed by atoms with Gasteiger partial charge in [-0.05, 0) is 30.7 Å². The normalized spacial score (nSPS) is 17.6. The molecule has 0 spiro atoms. The zero-order valence-electron chi connectivity index (χ0n) is 10.8. The van der Waals surface area contributed by atoms with Gasteiger partial charge in [-0.15, -0.1) is 0 Å². The molecule has 19 heavy (non-hydrogen) atoms. The molecule has 4 heteroatoms. The fourth-order valence-electron chi connectivity index (χ4n) is 2.24. The quantitative estimate of drug-likeness (QED) is 0.536. The van der Waals surface area contributed by atoms with Gasteiger partial charge in [-0.3, -0.25) is 0 Å². The second-order valence-corrected chi connectivity index (χ2v) is 4.45. The highest BCUT2D eigenvalue weighted by Crippen LogP contribution is 2.24. The van der Waals surface area contributed by atoms with Gasteiger partial charge in [-0.1, -0.05) is 6.07 Å². The number of aromatic nitrogens is 1. The van der Waals surface area contributed by atoms with Crippen molar-refractivity contribution in [2.24, 2.45) is 7.05 Å². The van der Waals surface area contributed by atoms with Crippen LogP contribution in [0.25, 0.3) is 10.9 Å². The molecule has 0 radical (unpaired) electrons. The second-order valence-electron chi connectivity index (χ2n) is 4.45. The van der Waals surface area contributed by atoms with E-state index in [1.807, 2.05) is 37.5 Å². The third-order valence-electron chi connectivity index (χ3n) is 3.12. The number of nitrogens with zero attached hydrogens (tertiary/aromatic N) is 1. The molecule has 0 aliphatic carbocycles. The topological polar surface area (TPSA) is 22.3 Å². The summed E-state index contributed by atoms with van der Waals surface area (Å²) in [6, 6.07) is 10.2. The number of aryl methyl sites for hydroxylation is 1. The molecule has 1 unspecified atom stereocenters. The highest BCUT2D eigenvalue weighted by Gasteiger charge is 2.17. The molecule has 1 aromatic heterocycles. The Kier molecular flexibility index (Phi) is 4.63. The van der Waals surface area contributed by atoms with Crippen molar-refractivity contribution in [2.45, 2.75) is 19.1 Å². The number of hydrogen-bond donors (Lipinski definition) is 0. The molecule has 1 aliphatic heterocycles. The lowest BCUT2D eigenvalue weighted by Gasteiger charge is -2.20. The second kappa shape index (κ2) is 6.23. The minimum Gasteiger partial charge on any atom is -1.00 e. The van der Waals surface area contributed by atoms with Crippen LogP contribution in [0.5, 0.6) is 5.75 Å². The number of fused-ring (bicyclic) bond motifs is 1. The Labute approximate surface area is 129 Å². The first-order chi connectivity index (χ1) is 8.84. The van der Waals surface area contributed by atoms with Crippen LogP contribution in [0.3, 0.4) is 0 Å². The van der Waals surface area contributed by atoms with Crippen molar-refractivity contribution in [3.8, 4) is 5.75 Å². The van der Waals surface area contributed by atoms with Gasteiger partial charge in [-0.2, -0.15) is 4.57 Å². The Hall–Kier alpha value is -1.30. The van der Waals surface area contributed by atoms with Crippen LogP contribution in [0.2, 0.25) is 0 Å². The van der Waals surface area contributed by atoms with E-state index in [2.05, 4.69) is 16.7 Å². The molecule has 0 saturated heterocycles. The number of para-hydroxylation sites is 1. The standard InChI is InChI=1S/C15H16NO2.HI/c1-16-10-5-7-12-6-4-8-13(15(12)16)18-14-9-2-3-11-17-14;/h3-8,10-11,14H,2,9H2,1H3;1H/q+1;/p-1. The Morgan fingerprint density at radius 2 is 2.11 bits per heavy atom. The summed E-state index contributed by atoms with van der Waals surface area (Å²) >= 11 is 0. The number of pyridine rings is 1. The molecule has 100 valence electrons. The van der Waals surface area contributed by atoms with E-state index < -0.39 is 0 Å². The predicted octanol–water partition coefficient (Wildman–Crippen LogP) is -0.303. The van der Waals surface area contributed by atoms with E-state index >= 15 is 0 Å². The first-order valence-electron chi connectivity index (χ1n) is 6.19. The van der Waals surface area contributed by atoms with Crippen molar-refractivity contribution < 1.29 is 38.0 Å². The maximum absolute atomic E-state index is 5.96. The molecule has 0 amide bonds. The number of hydrogen-bond acceptors (Lipinski definition) is 2. The molecule has 0 fully saturated rings. The van der Waals surface area contributed by atoms with Crippen molar-refractivity contribution in [2.75, 3.05) is 0 Å². The van der Waals surface area contributed by atoms with Gasteiger partial charge in [0.25, 0.3) is 5.52 Å². The summed E-state index contributed by atoms with van der Waals surface area (Å²) in [6.45, 7) is 0. The molecule has 1 aliphatic rings. The van der Waals surface area contributed by atoms with E-state index in [0.717, 1.165) is 24.1 Å². The van der Waals surface area contributed by atoms with E-state index in [-0.39, 0.29) is 30.3 Å². The Bertz CT molecular complexity index is 592. The SMILES string of the molecule is C[n+]1cccc2cccc(OC3CCC=CO3)c21.[I-]. The minimum absolute atomic E-state index is 0. The van der Waals surface area contributed by atoms with Gasteiger partial charge in [0.1, 0.15) is 7.05 Å². The summed E-state index contributed by atoms with van der Waals surface area (Å²) < 4.78 is 13.5. The molecule has 3 nitrogen and oxygen atoms in total. The Morgan fingerprint density at radius 3 is 2.89 bits per heavy atom. The summed E-state index contributed by atoms with van der Waals surface area (Å²) in [6.07, 6.45) is 7.48. The Balaban J connectivity index is 0.00000133. The van der Waals surface area contributed by atoms with E-state index in [1.165, 1.54) is 5.39 Å². The van der Waals surface area contributed by atoms with Gasteiger partial charge < -0.3 is 33.5 Å². The van der Waals surface area contributed by atoms with Gasteiger partial charge >= 0.3 is 0 Å². The molecule has 2 heterocycles. The van der Waals surface area contributed by atoms with Crippen LogP contribution in [-0.2, 0) is 11.8 Å². The van der Waals surface area contributed by atoms with Gasteiger partial charge in [0.05, 0.1) is 11.6 Å². The summed E-state index contributed by atoms with van der Waals surface area (Å²) in [5.74, 6) is 0.871. The van der Waals surface area contributed by atoms with Crippen molar-refractivity contribution >= 4 is 10.9 Å². The number of benzene rings is 1. The highest BCUT2D eigenvalue weighted by molar-refractivity contribution is 5.81. The van der Waals surface area contributed by atoms with Crippen molar-refractivity contribution in [1.82, 2.24) is 0 Å². The molecule has 2 aromatic rings. The average Bonchev–Trinajstić information content (AvgIpc) is 2.40. The molecular formula is C15H16INO2. The van der Waals surface area contributed by atoms with Crippen LogP contribution in [-0.4, -0.2) is 6.29 Å². The monoisotopic (exact) mass is 369 g/mol. The van der Waals surface area contributed by atoms with Crippen LogP contribution in [0.15, 0.2) is 48.9 Å². The Morgan fingerprint density at radius 1 is 1.26 bits per heavy atom. The number of ether oxygens (including phenoxy) is 2. The van der Waals surface area contributed by atoms with Crippen LogP contribution >= 0.6 is 0 Å². The summed E-state index contributed by atoms with van der Waals surface area (Å²) in [4.78, 5) is 0. The van der Waals surface area contributed by atoms with Gasteiger partial charge in [0.15, 0.2) is 11.9 Å². The van der Waals surface area contributed by atoms with E-state index in [0.29, 0.717) is 0 Å². The maximum Gasteiger partial charge on any atom is 0.254 e. The lowest BCUT2D eigenvalue weighted by atomic mass is 10.2. The molecule has 3 rings (SSSR count). The van der Waals surface area contributed by atoms with E-state index in [9.17, 15) is 0 Å². The zero-order chi connectivity index (χ0) is 12.4. The molecule has 0 N–H and O–H groups in total. The molecule has 1 aromatic carbocycles. The third kappa shape index (κ3) is 3.00. The molecule has 0 bridgehead atoms. The van der Waals surface area contributed by atoms with Crippen molar-refractivity contribution in [1.29, 1.82) is 0 Å². The van der Waals surface area contributed by atoms with Crippen LogP contribution in [0.4, 0.5) is 0 Å². The summed E-state index contributed by atoms with van der Waals surface area (Å²) in [5.41, 5.74) is 1.10. The molecular weight excluding hydrogens is 353 g/mol. The fourth-order valence-corrected chi connectivity index (χ4v) is 2.24. The van der Waals surface area contributed by atoms with Crippen LogP contribution in [0.1, 0.15) is 12.8 Å². The van der Waals surface area contributed by atoms with Crippen molar-refractivity contribution in [3.05, 3.63) is 48.9 Å². The van der Waals surface area contributed by atoms with E-state index in [4.69, 9.17) is 9.47 Å². The number of halogens is 1. The number of allylic oxidation sites excluding steroid dienone is 1. The predicted molar refractivity (Wildman–Crippen MR) is 69.0 cm³/mol. The lowest BCUT2D eigenvalue weighted by molar-refractivity contribution is -0.645. The molecule has 1 atom stereocenters. The van der Waals surface area contributed by atoms with Crippen molar-refractivity contribution in [3.63, 3.8) is 0 Å². The van der Waals surface area contributed by atoms with Gasteiger partial charge in [0.2, 0.25) is 6.29 Å². The van der Waals surface area contributed by atoms with Crippen LogP contribution in [0, 0.1) is 0 Å². The first-order valence-corrected chi connectivity index (χ1v) is 6.19. The van der Waals surface area contributed by atoms with Gasteiger partial charge in [-0.25, -0.2) is 0 Å². The molecule has 0 saturated carbocycles. The first kappa shape index (κ1) is 14.1. The highest BCUT2D eigenvalue weighted by atomic mass is 127. The van der Waals surface area contributed by atoms with Gasteiger partial charge in [0, 0.05) is 12.5 Å². The number of rotatable bonds is 2. The lowest BCUT2D eigenvalue weighted by Crippen LogP contribution is -3.00. The summed E-state index contributed by atoms with van der Waals surface area (Å²) in [7, 11) is 2.02. The average molecular weight is 369 g/mol. The zero-order valence-corrected chi connectivity index (χ0v) is 12.9. The third-order valence-corrected chi connectivity index (χ3v) is 3.12. The largest absolute Gasteiger partial charge is 1.00 e. The minimum atomic E-state index is -0.180. The maximum atomic E-state index is 5.96. The smallest absolute Gasteiger partial charge is 0.254 e.